The van der Waals surface area contributed by atoms with Gasteiger partial charge in [-0.15, -0.1) is 0 Å². The topological polar surface area (TPSA) is 83.6 Å². The summed E-state index contributed by atoms with van der Waals surface area (Å²) in [5, 5.41) is 5.58. The maximum absolute atomic E-state index is 12.1. The smallest absolute Gasteiger partial charge is 0.269 e. The van der Waals surface area contributed by atoms with E-state index >= 15 is 0 Å². The van der Waals surface area contributed by atoms with E-state index < -0.39 is 0 Å². The van der Waals surface area contributed by atoms with E-state index in [0.29, 0.717) is 13.1 Å². The summed E-state index contributed by atoms with van der Waals surface area (Å²) in [5.41, 5.74) is 0.483. The van der Waals surface area contributed by atoms with Gasteiger partial charge in [0.25, 0.3) is 11.8 Å². The Hall–Kier alpha value is -1.99. The quantitative estimate of drug-likeness (QED) is 0.754. The van der Waals surface area contributed by atoms with Crippen LogP contribution >= 0.6 is 0 Å². The Morgan fingerprint density at radius 1 is 1.26 bits per heavy atom. The third-order valence-corrected chi connectivity index (χ3v) is 3.57. The third-order valence-electron chi connectivity index (χ3n) is 3.57. The van der Waals surface area contributed by atoms with Gasteiger partial charge in [-0.05, 0) is 39.1 Å². The van der Waals surface area contributed by atoms with Gasteiger partial charge < -0.3 is 20.3 Å². The van der Waals surface area contributed by atoms with Gasteiger partial charge in [0.15, 0.2) is 0 Å². The zero-order chi connectivity index (χ0) is 16.7. The first kappa shape index (κ1) is 17.4. The van der Waals surface area contributed by atoms with E-state index in [-0.39, 0.29) is 29.3 Å². The minimum absolute atomic E-state index is 0.0801. The molecular weight excluding hydrogens is 296 g/mol. The third kappa shape index (κ3) is 5.61. The summed E-state index contributed by atoms with van der Waals surface area (Å²) in [4.78, 5) is 30.2. The molecule has 126 valence electrons. The van der Waals surface area contributed by atoms with E-state index in [1.165, 1.54) is 0 Å². The van der Waals surface area contributed by atoms with Crippen LogP contribution in [0.3, 0.4) is 0 Å². The first-order chi connectivity index (χ1) is 11.1. The second kappa shape index (κ2) is 8.59. The van der Waals surface area contributed by atoms with Crippen molar-refractivity contribution in [2.45, 2.75) is 18.9 Å². The Labute approximate surface area is 136 Å². The maximum Gasteiger partial charge on any atom is 0.269 e. The molecule has 1 aliphatic rings. The van der Waals surface area contributed by atoms with Crippen molar-refractivity contribution in [2.24, 2.45) is 0 Å². The van der Waals surface area contributed by atoms with Crippen molar-refractivity contribution in [1.82, 2.24) is 20.5 Å². The number of carbonyl (C=O) groups is 2. The highest BCUT2D eigenvalue weighted by Crippen LogP contribution is 2.10. The molecule has 2 amide bonds. The number of pyridine rings is 1. The molecule has 7 nitrogen and oxygen atoms in total. The highest BCUT2D eigenvalue weighted by molar-refractivity contribution is 5.96. The zero-order valence-corrected chi connectivity index (χ0v) is 13.7. The molecule has 0 aliphatic carbocycles. The fraction of sp³-hybridized carbons (Fsp3) is 0.562. The lowest BCUT2D eigenvalue weighted by molar-refractivity contribution is 0.0853. The highest BCUT2D eigenvalue weighted by atomic mass is 16.5. The summed E-state index contributed by atoms with van der Waals surface area (Å²) in [6.45, 7) is 2.50. The first-order valence-electron chi connectivity index (χ1n) is 7.86. The molecule has 2 heterocycles. The molecule has 7 heteroatoms. The predicted molar refractivity (Wildman–Crippen MR) is 86.4 cm³/mol. The van der Waals surface area contributed by atoms with Gasteiger partial charge in [-0.25, -0.2) is 4.98 Å². The van der Waals surface area contributed by atoms with Crippen molar-refractivity contribution >= 4 is 11.8 Å². The van der Waals surface area contributed by atoms with Crippen LogP contribution in [0, 0.1) is 0 Å². The van der Waals surface area contributed by atoms with E-state index in [1.807, 2.05) is 19.0 Å². The van der Waals surface area contributed by atoms with E-state index in [9.17, 15) is 9.59 Å². The molecule has 1 aliphatic heterocycles. The average Bonchev–Trinajstić information content (AvgIpc) is 3.05. The average molecular weight is 320 g/mol. The van der Waals surface area contributed by atoms with Gasteiger partial charge >= 0.3 is 0 Å². The Morgan fingerprint density at radius 3 is 2.57 bits per heavy atom. The van der Waals surface area contributed by atoms with E-state index in [2.05, 4.69) is 15.6 Å². The fourth-order valence-electron chi connectivity index (χ4n) is 2.27. The Morgan fingerprint density at radius 2 is 1.96 bits per heavy atom. The molecule has 0 bridgehead atoms. The molecule has 1 aromatic heterocycles. The van der Waals surface area contributed by atoms with Crippen molar-refractivity contribution < 1.29 is 14.3 Å². The van der Waals surface area contributed by atoms with Crippen LogP contribution in [0.5, 0.6) is 0 Å². The largest absolute Gasteiger partial charge is 0.376 e. The SMILES string of the molecule is CN(C)CCNC(=O)c1cccc(C(=O)NCC2CCCO2)n1. The molecule has 1 saturated heterocycles. The van der Waals surface area contributed by atoms with Gasteiger partial charge in [0.2, 0.25) is 0 Å². The van der Waals surface area contributed by atoms with Crippen LogP contribution in [0.25, 0.3) is 0 Å². The van der Waals surface area contributed by atoms with Gasteiger partial charge in [-0.3, -0.25) is 9.59 Å². The normalized spacial score (nSPS) is 17.3. The first-order valence-corrected chi connectivity index (χ1v) is 7.86. The Balaban J connectivity index is 1.87. The van der Waals surface area contributed by atoms with Crippen molar-refractivity contribution in [1.29, 1.82) is 0 Å². The number of hydrogen-bond donors (Lipinski definition) is 2. The number of likely N-dealkylation sites (N-methyl/N-ethyl adjacent to an activating group) is 1. The molecule has 2 N–H and O–H groups in total. The fourth-order valence-corrected chi connectivity index (χ4v) is 2.27. The predicted octanol–water partition coefficient (Wildman–Crippen LogP) is 0.282. The summed E-state index contributed by atoms with van der Waals surface area (Å²) in [6.07, 6.45) is 2.07. The van der Waals surface area contributed by atoms with Gasteiger partial charge in [0.05, 0.1) is 6.10 Å². The van der Waals surface area contributed by atoms with Crippen LogP contribution in [-0.4, -0.2) is 68.1 Å². The van der Waals surface area contributed by atoms with Crippen molar-refractivity contribution in [2.75, 3.05) is 40.3 Å². The highest BCUT2D eigenvalue weighted by Gasteiger charge is 2.17. The van der Waals surface area contributed by atoms with Gasteiger partial charge in [0, 0.05) is 26.2 Å². The molecule has 1 aromatic rings. The number of nitrogens with one attached hydrogen (secondary N) is 2. The van der Waals surface area contributed by atoms with E-state index in [1.54, 1.807) is 18.2 Å². The van der Waals surface area contributed by atoms with E-state index in [0.717, 1.165) is 26.0 Å². The van der Waals surface area contributed by atoms with Crippen LogP contribution in [0.2, 0.25) is 0 Å². The number of ether oxygens (including phenoxy) is 1. The Kier molecular flexibility index (Phi) is 6.49. The molecule has 0 aromatic carbocycles. The summed E-state index contributed by atoms with van der Waals surface area (Å²) >= 11 is 0. The molecule has 1 atom stereocenters. The van der Waals surface area contributed by atoms with E-state index in [4.69, 9.17) is 4.74 Å². The second-order valence-corrected chi connectivity index (χ2v) is 5.81. The number of hydrogen-bond acceptors (Lipinski definition) is 5. The number of nitrogens with zero attached hydrogens (tertiary/aromatic N) is 2. The second-order valence-electron chi connectivity index (χ2n) is 5.81. The summed E-state index contributed by atoms with van der Waals surface area (Å²) in [6, 6.07) is 4.86. The number of amides is 2. The Bertz CT molecular complexity index is 542. The lowest BCUT2D eigenvalue weighted by atomic mass is 10.2. The molecule has 0 saturated carbocycles. The molecule has 1 fully saturated rings. The minimum Gasteiger partial charge on any atom is -0.376 e. The van der Waals surface area contributed by atoms with Crippen molar-refractivity contribution in [3.63, 3.8) is 0 Å². The molecule has 0 radical (unpaired) electrons. The summed E-state index contributed by atoms with van der Waals surface area (Å²) < 4.78 is 5.46. The van der Waals surface area contributed by atoms with Crippen molar-refractivity contribution in [3.05, 3.63) is 29.6 Å². The number of aromatic nitrogens is 1. The van der Waals surface area contributed by atoms with Crippen LogP contribution in [-0.2, 0) is 4.74 Å². The lowest BCUT2D eigenvalue weighted by Crippen LogP contribution is -2.34. The minimum atomic E-state index is -0.288. The monoisotopic (exact) mass is 320 g/mol. The summed E-state index contributed by atoms with van der Waals surface area (Å²) in [5.74, 6) is -0.566. The lowest BCUT2D eigenvalue weighted by Gasteiger charge is -2.11. The van der Waals surface area contributed by atoms with Crippen LogP contribution in [0.4, 0.5) is 0 Å². The van der Waals surface area contributed by atoms with Crippen LogP contribution in [0.1, 0.15) is 33.8 Å². The van der Waals surface area contributed by atoms with Crippen LogP contribution in [0.15, 0.2) is 18.2 Å². The zero-order valence-electron chi connectivity index (χ0n) is 13.7. The van der Waals surface area contributed by atoms with Gasteiger partial charge in [0.1, 0.15) is 11.4 Å². The molecule has 0 spiro atoms. The summed E-state index contributed by atoms with van der Waals surface area (Å²) in [7, 11) is 3.87. The molecular formula is C16H24N4O3. The molecule has 2 rings (SSSR count). The van der Waals surface area contributed by atoms with Gasteiger partial charge in [-0.2, -0.15) is 0 Å². The molecule has 1 unspecified atom stereocenters. The number of rotatable bonds is 7. The number of carbonyl (C=O) groups excluding carboxylic acids is 2. The van der Waals surface area contributed by atoms with Crippen molar-refractivity contribution in [3.8, 4) is 0 Å². The maximum atomic E-state index is 12.1. The standard InChI is InChI=1S/C16H24N4O3/c1-20(2)9-8-17-15(21)13-6-3-7-14(19-13)16(22)18-11-12-5-4-10-23-12/h3,6-7,12H,4-5,8-11H2,1-2H3,(H,17,21)(H,18,22). The molecule has 23 heavy (non-hydrogen) atoms. The van der Waals surface area contributed by atoms with Crippen LogP contribution < -0.4 is 10.6 Å². The van der Waals surface area contributed by atoms with Gasteiger partial charge in [-0.1, -0.05) is 6.07 Å².